The number of amides is 1. The van der Waals surface area contributed by atoms with Gasteiger partial charge in [-0.15, -0.1) is 0 Å². The molecule has 0 saturated heterocycles. The molecule has 2 aromatic rings. The van der Waals surface area contributed by atoms with E-state index < -0.39 is 5.82 Å². The van der Waals surface area contributed by atoms with Gasteiger partial charge in [0.25, 0.3) is 5.91 Å². The van der Waals surface area contributed by atoms with E-state index in [9.17, 15) is 9.18 Å². The van der Waals surface area contributed by atoms with E-state index in [0.717, 1.165) is 4.47 Å². The second kappa shape index (κ2) is 5.71. The molecule has 0 aliphatic rings. The molecule has 0 bridgehead atoms. The SMILES string of the molecule is Nc1ccc(NC(=O)c2cc(Br)ccc2Br)cc1F. The van der Waals surface area contributed by atoms with Crippen LogP contribution in [0.1, 0.15) is 10.4 Å². The monoisotopic (exact) mass is 386 g/mol. The van der Waals surface area contributed by atoms with Gasteiger partial charge in [0.2, 0.25) is 0 Å². The maximum Gasteiger partial charge on any atom is 0.256 e. The highest BCUT2D eigenvalue weighted by Gasteiger charge is 2.11. The van der Waals surface area contributed by atoms with E-state index in [1.54, 1.807) is 18.2 Å². The van der Waals surface area contributed by atoms with Gasteiger partial charge < -0.3 is 11.1 Å². The Bertz CT molecular complexity index is 647. The Morgan fingerprint density at radius 3 is 2.58 bits per heavy atom. The lowest BCUT2D eigenvalue weighted by atomic mass is 10.2. The predicted octanol–water partition coefficient (Wildman–Crippen LogP) is 4.19. The zero-order valence-corrected chi connectivity index (χ0v) is 12.8. The number of benzene rings is 2. The largest absolute Gasteiger partial charge is 0.396 e. The molecule has 6 heteroatoms. The molecule has 3 nitrogen and oxygen atoms in total. The van der Waals surface area contributed by atoms with Crippen molar-refractivity contribution in [1.82, 2.24) is 0 Å². The Hall–Kier alpha value is -1.40. The number of nitrogens with one attached hydrogen (secondary N) is 1. The molecule has 3 N–H and O–H groups in total. The molecule has 1 amide bonds. The maximum absolute atomic E-state index is 13.3. The fourth-order valence-electron chi connectivity index (χ4n) is 1.47. The molecule has 0 radical (unpaired) electrons. The van der Waals surface area contributed by atoms with Crippen molar-refractivity contribution in [2.75, 3.05) is 11.1 Å². The third kappa shape index (κ3) is 3.33. The number of hydrogen-bond acceptors (Lipinski definition) is 2. The number of nitrogen functional groups attached to an aromatic ring is 1. The number of carbonyl (C=O) groups is 1. The van der Waals surface area contributed by atoms with Crippen molar-refractivity contribution < 1.29 is 9.18 Å². The molecule has 0 heterocycles. The molecular weight excluding hydrogens is 379 g/mol. The lowest BCUT2D eigenvalue weighted by molar-refractivity contribution is 0.102. The number of anilines is 2. The highest BCUT2D eigenvalue weighted by atomic mass is 79.9. The van der Waals surface area contributed by atoms with Gasteiger partial charge in [0.05, 0.1) is 11.3 Å². The van der Waals surface area contributed by atoms with E-state index in [-0.39, 0.29) is 11.6 Å². The van der Waals surface area contributed by atoms with E-state index in [4.69, 9.17) is 5.73 Å². The van der Waals surface area contributed by atoms with Crippen LogP contribution in [-0.2, 0) is 0 Å². The molecule has 0 aromatic heterocycles. The Kier molecular flexibility index (Phi) is 4.21. The standard InChI is InChI=1S/C13H9Br2FN2O/c14-7-1-3-10(15)9(5-7)13(19)18-8-2-4-12(17)11(16)6-8/h1-6H,17H2,(H,18,19). The highest BCUT2D eigenvalue weighted by molar-refractivity contribution is 9.11. The summed E-state index contributed by atoms with van der Waals surface area (Å²) in [4.78, 5) is 12.1. The molecule has 2 rings (SSSR count). The average molecular weight is 388 g/mol. The third-order valence-electron chi connectivity index (χ3n) is 2.43. The van der Waals surface area contributed by atoms with Crippen molar-refractivity contribution in [2.45, 2.75) is 0 Å². The fraction of sp³-hybridized carbons (Fsp3) is 0. The highest BCUT2D eigenvalue weighted by Crippen LogP contribution is 2.23. The summed E-state index contributed by atoms with van der Waals surface area (Å²) >= 11 is 6.59. The smallest absolute Gasteiger partial charge is 0.256 e. The average Bonchev–Trinajstić information content (AvgIpc) is 2.36. The summed E-state index contributed by atoms with van der Waals surface area (Å²) in [6, 6.07) is 9.36. The Morgan fingerprint density at radius 2 is 1.89 bits per heavy atom. The van der Waals surface area contributed by atoms with Crippen molar-refractivity contribution in [1.29, 1.82) is 0 Å². The summed E-state index contributed by atoms with van der Waals surface area (Å²) in [6.07, 6.45) is 0. The van der Waals surface area contributed by atoms with Gasteiger partial charge in [-0.05, 0) is 52.3 Å². The Labute approximate surface area is 126 Å². The van der Waals surface area contributed by atoms with Crippen molar-refractivity contribution in [2.24, 2.45) is 0 Å². The molecule has 0 atom stereocenters. The van der Waals surface area contributed by atoms with Crippen molar-refractivity contribution in [3.05, 3.63) is 56.7 Å². The fourth-order valence-corrected chi connectivity index (χ4v) is 2.26. The third-order valence-corrected chi connectivity index (χ3v) is 3.62. The van der Waals surface area contributed by atoms with Crippen LogP contribution in [-0.4, -0.2) is 5.91 Å². The number of halogens is 3. The van der Waals surface area contributed by atoms with Crippen LogP contribution in [0, 0.1) is 5.82 Å². The molecule has 0 fully saturated rings. The molecular formula is C13H9Br2FN2O. The van der Waals surface area contributed by atoms with Crippen molar-refractivity contribution in [3.8, 4) is 0 Å². The zero-order chi connectivity index (χ0) is 14.0. The summed E-state index contributed by atoms with van der Waals surface area (Å²) in [7, 11) is 0. The van der Waals surface area contributed by atoms with E-state index in [0.29, 0.717) is 15.7 Å². The summed E-state index contributed by atoms with van der Waals surface area (Å²) in [5.41, 5.74) is 6.22. The number of hydrogen-bond donors (Lipinski definition) is 2. The van der Waals surface area contributed by atoms with Crippen molar-refractivity contribution >= 4 is 49.1 Å². The second-order valence-corrected chi connectivity index (χ2v) is 5.58. The van der Waals surface area contributed by atoms with Gasteiger partial charge in [-0.25, -0.2) is 4.39 Å². The molecule has 0 aliphatic carbocycles. The van der Waals surface area contributed by atoms with Gasteiger partial charge in [-0.3, -0.25) is 4.79 Å². The van der Waals surface area contributed by atoms with Gasteiger partial charge in [-0.1, -0.05) is 15.9 Å². The molecule has 0 saturated carbocycles. The number of carbonyl (C=O) groups excluding carboxylic acids is 1. The molecule has 98 valence electrons. The Balaban J connectivity index is 2.25. The summed E-state index contributed by atoms with van der Waals surface area (Å²) < 4.78 is 14.7. The van der Waals surface area contributed by atoms with Crippen LogP contribution in [0.25, 0.3) is 0 Å². The normalized spacial score (nSPS) is 10.3. The van der Waals surface area contributed by atoms with Crippen LogP contribution in [0.4, 0.5) is 15.8 Å². The van der Waals surface area contributed by atoms with Crippen LogP contribution in [0.15, 0.2) is 45.3 Å². The minimum atomic E-state index is -0.564. The minimum Gasteiger partial charge on any atom is -0.396 e. The maximum atomic E-state index is 13.3. The molecule has 2 aromatic carbocycles. The van der Waals surface area contributed by atoms with Gasteiger partial charge in [-0.2, -0.15) is 0 Å². The van der Waals surface area contributed by atoms with Crippen LogP contribution < -0.4 is 11.1 Å². The summed E-state index contributed by atoms with van der Waals surface area (Å²) in [6.45, 7) is 0. The molecule has 19 heavy (non-hydrogen) atoms. The molecule has 0 aliphatic heterocycles. The zero-order valence-electron chi connectivity index (χ0n) is 9.58. The summed E-state index contributed by atoms with van der Waals surface area (Å²) in [5, 5.41) is 2.61. The van der Waals surface area contributed by atoms with E-state index >= 15 is 0 Å². The Morgan fingerprint density at radius 1 is 1.16 bits per heavy atom. The second-order valence-electron chi connectivity index (χ2n) is 3.81. The lowest BCUT2D eigenvalue weighted by Crippen LogP contribution is -2.13. The topological polar surface area (TPSA) is 55.1 Å². The van der Waals surface area contributed by atoms with Crippen LogP contribution in [0.3, 0.4) is 0 Å². The first-order chi connectivity index (χ1) is 8.97. The minimum absolute atomic E-state index is 0.0432. The van der Waals surface area contributed by atoms with Crippen LogP contribution >= 0.6 is 31.9 Å². The number of rotatable bonds is 2. The number of nitrogens with two attached hydrogens (primary N) is 1. The first-order valence-corrected chi connectivity index (χ1v) is 6.87. The lowest BCUT2D eigenvalue weighted by Gasteiger charge is -2.08. The van der Waals surface area contributed by atoms with E-state index in [1.807, 2.05) is 6.07 Å². The van der Waals surface area contributed by atoms with Gasteiger partial charge >= 0.3 is 0 Å². The molecule has 0 spiro atoms. The quantitative estimate of drug-likeness (QED) is 0.759. The summed E-state index contributed by atoms with van der Waals surface area (Å²) in [5.74, 6) is -0.900. The van der Waals surface area contributed by atoms with Gasteiger partial charge in [0.1, 0.15) is 5.82 Å². The van der Waals surface area contributed by atoms with Crippen LogP contribution in [0.2, 0.25) is 0 Å². The van der Waals surface area contributed by atoms with Crippen molar-refractivity contribution in [3.63, 3.8) is 0 Å². The van der Waals surface area contributed by atoms with Crippen LogP contribution in [0.5, 0.6) is 0 Å². The molecule has 0 unspecified atom stereocenters. The first kappa shape index (κ1) is 14.0. The van der Waals surface area contributed by atoms with E-state index in [2.05, 4.69) is 37.2 Å². The predicted molar refractivity (Wildman–Crippen MR) is 80.6 cm³/mol. The van der Waals surface area contributed by atoms with Gasteiger partial charge in [0, 0.05) is 14.6 Å². The van der Waals surface area contributed by atoms with E-state index in [1.165, 1.54) is 12.1 Å². The first-order valence-electron chi connectivity index (χ1n) is 5.29. The van der Waals surface area contributed by atoms with Gasteiger partial charge in [0.15, 0.2) is 0 Å².